The van der Waals surface area contributed by atoms with Crippen molar-refractivity contribution >= 4 is 23.0 Å². The molecule has 0 saturated heterocycles. The van der Waals surface area contributed by atoms with Crippen molar-refractivity contribution in [1.82, 2.24) is 0 Å². The third kappa shape index (κ3) is 6.09. The summed E-state index contributed by atoms with van der Waals surface area (Å²) in [6, 6.07) is 28.8. The van der Waals surface area contributed by atoms with Crippen LogP contribution in [-0.4, -0.2) is 26.2 Å². The Kier molecular flexibility index (Phi) is 8.93. The van der Waals surface area contributed by atoms with Crippen LogP contribution in [0.2, 0.25) is 0 Å². The summed E-state index contributed by atoms with van der Waals surface area (Å²) >= 11 is 0. The topological polar surface area (TPSA) is 50.8 Å². The van der Waals surface area contributed by atoms with Gasteiger partial charge in [-0.1, -0.05) is 69.2 Å². The Morgan fingerprint density at radius 1 is 0.829 bits per heavy atom. The highest BCUT2D eigenvalue weighted by molar-refractivity contribution is 5.92. The van der Waals surface area contributed by atoms with Crippen LogP contribution in [-0.2, 0) is 4.74 Å². The first-order valence-electron chi connectivity index (χ1n) is 14.7. The molecule has 1 aliphatic rings. The van der Waals surface area contributed by atoms with Crippen LogP contribution in [0.4, 0.5) is 17.1 Å². The summed E-state index contributed by atoms with van der Waals surface area (Å²) in [5, 5.41) is 3.58. The molecule has 212 valence electrons. The maximum absolute atomic E-state index is 12.9. The molecule has 4 aromatic carbocycles. The molecule has 0 aliphatic carbocycles. The van der Waals surface area contributed by atoms with E-state index in [0.29, 0.717) is 5.56 Å². The predicted octanol–water partition coefficient (Wildman–Crippen LogP) is 9.22. The zero-order valence-corrected chi connectivity index (χ0v) is 24.6. The highest BCUT2D eigenvalue weighted by Crippen LogP contribution is 2.50. The number of anilines is 3. The van der Waals surface area contributed by atoms with Gasteiger partial charge < -0.3 is 19.7 Å². The summed E-state index contributed by atoms with van der Waals surface area (Å²) in [5.74, 6) is 1.10. The normalized spacial score (nSPS) is 13.5. The molecule has 5 rings (SSSR count). The number of hydrogen-bond donors (Lipinski definition) is 1. The van der Waals surface area contributed by atoms with E-state index in [1.165, 1.54) is 12.8 Å². The van der Waals surface area contributed by atoms with Gasteiger partial charge in [-0.3, -0.25) is 0 Å². The number of benzene rings is 4. The highest BCUT2D eigenvalue weighted by Gasteiger charge is 2.33. The summed E-state index contributed by atoms with van der Waals surface area (Å²) < 4.78 is 11.9. The number of ether oxygens (including phenoxy) is 2. The van der Waals surface area contributed by atoms with Crippen LogP contribution in [0.25, 0.3) is 0 Å². The molecule has 1 heterocycles. The second-order valence-electron chi connectivity index (χ2n) is 10.7. The Hall–Kier alpha value is -4.25. The third-order valence-corrected chi connectivity index (χ3v) is 7.85. The number of methoxy groups -OCH3 is 1. The summed E-state index contributed by atoms with van der Waals surface area (Å²) in [6.45, 7) is 8.60. The molecule has 0 spiro atoms. The monoisotopic (exact) mass is 548 g/mol. The smallest absolute Gasteiger partial charge is 0.338 e. The van der Waals surface area contributed by atoms with E-state index in [4.69, 9.17) is 9.47 Å². The molecule has 0 radical (unpaired) electrons. The number of carbonyl (C=O) groups excluding carboxylic acids is 1. The van der Waals surface area contributed by atoms with E-state index in [1.807, 2.05) is 42.5 Å². The van der Waals surface area contributed by atoms with E-state index in [2.05, 4.69) is 73.5 Å². The van der Waals surface area contributed by atoms with E-state index in [9.17, 15) is 4.79 Å². The molecule has 5 nitrogen and oxygen atoms in total. The molecule has 41 heavy (non-hydrogen) atoms. The van der Waals surface area contributed by atoms with Gasteiger partial charge in [0.15, 0.2) is 0 Å². The molecule has 0 bridgehead atoms. The Morgan fingerprint density at radius 3 is 2.22 bits per heavy atom. The highest BCUT2D eigenvalue weighted by atomic mass is 16.5. The zero-order valence-electron chi connectivity index (χ0n) is 24.6. The van der Waals surface area contributed by atoms with Gasteiger partial charge in [-0.15, -0.1) is 0 Å². The van der Waals surface area contributed by atoms with Gasteiger partial charge in [-0.25, -0.2) is 4.79 Å². The number of hydrogen-bond acceptors (Lipinski definition) is 5. The molecule has 0 fully saturated rings. The van der Waals surface area contributed by atoms with E-state index >= 15 is 0 Å². The largest absolute Gasteiger partial charge is 0.465 e. The third-order valence-electron chi connectivity index (χ3n) is 7.85. The molecule has 1 unspecified atom stereocenters. The molecule has 0 aromatic heterocycles. The van der Waals surface area contributed by atoms with Crippen molar-refractivity contribution in [2.24, 2.45) is 0 Å². The molecular weight excluding hydrogens is 508 g/mol. The number of nitrogens with zero attached hydrogens (tertiary/aromatic N) is 1. The summed E-state index contributed by atoms with van der Waals surface area (Å²) in [6.07, 6.45) is 4.61. The Morgan fingerprint density at radius 2 is 1.51 bits per heavy atom. The van der Waals surface area contributed by atoms with Crippen LogP contribution in [0, 0.1) is 6.92 Å². The van der Waals surface area contributed by atoms with Crippen molar-refractivity contribution in [3.8, 4) is 11.5 Å². The fraction of sp³-hybridized carbons (Fsp3) is 0.306. The first-order chi connectivity index (χ1) is 20.0. The van der Waals surface area contributed by atoms with Crippen LogP contribution in [0.15, 0.2) is 84.9 Å². The lowest BCUT2D eigenvalue weighted by Gasteiger charge is -2.32. The van der Waals surface area contributed by atoms with E-state index in [0.717, 1.165) is 83.9 Å². The lowest BCUT2D eigenvalue weighted by atomic mass is 9.80. The Bertz CT molecular complexity index is 1490. The average Bonchev–Trinajstić information content (AvgIpc) is 3.00. The molecule has 4 aromatic rings. The molecule has 1 atom stereocenters. The summed E-state index contributed by atoms with van der Waals surface area (Å²) in [5.41, 5.74) is 7.80. The molecular formula is C36H40N2O3. The predicted molar refractivity (Wildman–Crippen MR) is 168 cm³/mol. The fourth-order valence-electron chi connectivity index (χ4n) is 5.60. The van der Waals surface area contributed by atoms with Crippen molar-refractivity contribution in [3.63, 3.8) is 0 Å². The molecule has 1 aliphatic heterocycles. The van der Waals surface area contributed by atoms with Crippen LogP contribution < -0.4 is 15.0 Å². The number of esters is 1. The minimum atomic E-state index is -0.341. The SMILES string of the molecule is CCCCN(CCCC)c1ccc2c(c1)Oc1cc(C)c(Nc3ccccc3)cc1C2c1ccccc1C(=O)OC. The number of para-hydroxylation sites is 1. The lowest BCUT2D eigenvalue weighted by molar-refractivity contribution is 0.0599. The van der Waals surface area contributed by atoms with Crippen LogP contribution in [0.5, 0.6) is 11.5 Å². The van der Waals surface area contributed by atoms with Gasteiger partial charge in [0.05, 0.1) is 12.7 Å². The first kappa shape index (κ1) is 28.3. The number of carbonyl (C=O) groups is 1. The number of aryl methyl sites for hydroxylation is 1. The average molecular weight is 549 g/mol. The molecule has 5 heteroatoms. The van der Waals surface area contributed by atoms with Crippen LogP contribution >= 0.6 is 0 Å². The second-order valence-corrected chi connectivity index (χ2v) is 10.7. The molecule has 0 saturated carbocycles. The number of nitrogens with one attached hydrogen (secondary N) is 1. The van der Waals surface area contributed by atoms with Gasteiger partial charge in [0.2, 0.25) is 0 Å². The van der Waals surface area contributed by atoms with Crippen LogP contribution in [0.3, 0.4) is 0 Å². The second kappa shape index (κ2) is 12.9. The maximum atomic E-state index is 12.9. The van der Waals surface area contributed by atoms with Crippen molar-refractivity contribution in [3.05, 3.63) is 113 Å². The number of fused-ring (bicyclic) bond motifs is 2. The van der Waals surface area contributed by atoms with E-state index in [-0.39, 0.29) is 11.9 Å². The van der Waals surface area contributed by atoms with Crippen LogP contribution in [0.1, 0.15) is 78.1 Å². The first-order valence-corrected chi connectivity index (χ1v) is 14.7. The fourth-order valence-corrected chi connectivity index (χ4v) is 5.60. The summed E-state index contributed by atoms with van der Waals surface area (Å²) in [4.78, 5) is 15.4. The van der Waals surface area contributed by atoms with Crippen molar-refractivity contribution in [1.29, 1.82) is 0 Å². The van der Waals surface area contributed by atoms with E-state index < -0.39 is 0 Å². The Labute approximate surface area is 244 Å². The minimum absolute atomic E-state index is 0.199. The van der Waals surface area contributed by atoms with Gasteiger partial charge in [-0.05, 0) is 67.3 Å². The minimum Gasteiger partial charge on any atom is -0.465 e. The van der Waals surface area contributed by atoms with Crippen molar-refractivity contribution in [2.45, 2.75) is 52.4 Å². The lowest BCUT2D eigenvalue weighted by Crippen LogP contribution is -2.26. The molecule has 0 amide bonds. The molecule has 1 N–H and O–H groups in total. The van der Waals surface area contributed by atoms with Gasteiger partial charge in [0, 0.05) is 53.3 Å². The van der Waals surface area contributed by atoms with Gasteiger partial charge in [0.25, 0.3) is 0 Å². The van der Waals surface area contributed by atoms with Gasteiger partial charge >= 0.3 is 5.97 Å². The van der Waals surface area contributed by atoms with Crippen molar-refractivity contribution in [2.75, 3.05) is 30.4 Å². The zero-order chi connectivity index (χ0) is 28.8. The standard InChI is InChI=1S/C36H40N2O3/c1-5-7-20-38(21-8-6-2)27-18-19-30-34(23-27)41-33-22-25(3)32(37-26-14-10-9-11-15-26)24-31(33)35(30)28-16-12-13-17-29(28)36(39)40-4/h9-19,22-24,35,37H,5-8,20-21H2,1-4H3. The number of unbranched alkanes of at least 4 members (excludes halogenated alkanes) is 2. The van der Waals surface area contributed by atoms with Gasteiger partial charge in [0.1, 0.15) is 11.5 Å². The number of rotatable bonds is 11. The Balaban J connectivity index is 1.64. The van der Waals surface area contributed by atoms with Crippen molar-refractivity contribution < 1.29 is 14.3 Å². The van der Waals surface area contributed by atoms with Gasteiger partial charge in [-0.2, -0.15) is 0 Å². The summed E-state index contributed by atoms with van der Waals surface area (Å²) in [7, 11) is 1.43. The quantitative estimate of drug-likeness (QED) is 0.167. The van der Waals surface area contributed by atoms with E-state index in [1.54, 1.807) is 0 Å². The maximum Gasteiger partial charge on any atom is 0.338 e.